The average Bonchev–Trinajstić information content (AvgIpc) is 2.43. The summed E-state index contributed by atoms with van der Waals surface area (Å²) in [4.78, 5) is 4.16. The minimum absolute atomic E-state index is 0.123. The lowest BCUT2D eigenvalue weighted by Crippen LogP contribution is -2.40. The van der Waals surface area contributed by atoms with Crippen molar-refractivity contribution in [3.63, 3.8) is 0 Å². The van der Waals surface area contributed by atoms with E-state index >= 15 is 0 Å². The van der Waals surface area contributed by atoms with Gasteiger partial charge in [0.2, 0.25) is 0 Å². The van der Waals surface area contributed by atoms with Crippen LogP contribution in [0.15, 0.2) is 29.3 Å². The summed E-state index contributed by atoms with van der Waals surface area (Å²) in [6.07, 6.45) is 0. The van der Waals surface area contributed by atoms with Gasteiger partial charge < -0.3 is 10.6 Å². The Kier molecular flexibility index (Phi) is 8.11. The Morgan fingerprint density at radius 3 is 2.70 bits per heavy atom. The highest BCUT2D eigenvalue weighted by atomic mass is 32.2. The second kappa shape index (κ2) is 9.64. The zero-order chi connectivity index (χ0) is 14.8. The van der Waals surface area contributed by atoms with E-state index in [4.69, 9.17) is 0 Å². The molecular formula is C15H24FN3S. The second-order valence-electron chi connectivity index (χ2n) is 4.92. The van der Waals surface area contributed by atoms with Gasteiger partial charge in [-0.2, -0.15) is 11.8 Å². The monoisotopic (exact) mass is 297 g/mol. The molecular weight excluding hydrogens is 273 g/mol. The zero-order valence-corrected chi connectivity index (χ0v) is 13.3. The number of rotatable bonds is 7. The van der Waals surface area contributed by atoms with Crippen molar-refractivity contribution in [2.24, 2.45) is 10.9 Å². The Morgan fingerprint density at radius 2 is 2.05 bits per heavy atom. The van der Waals surface area contributed by atoms with Crippen molar-refractivity contribution in [2.45, 2.75) is 19.6 Å². The van der Waals surface area contributed by atoms with E-state index in [1.54, 1.807) is 24.9 Å². The third kappa shape index (κ3) is 6.80. The largest absolute Gasteiger partial charge is 0.356 e. The molecule has 1 aromatic carbocycles. The molecule has 112 valence electrons. The van der Waals surface area contributed by atoms with E-state index in [1.165, 1.54) is 6.07 Å². The Labute approximate surface area is 125 Å². The van der Waals surface area contributed by atoms with Gasteiger partial charge in [0.05, 0.1) is 0 Å². The maximum absolute atomic E-state index is 13.4. The standard InChI is InChI=1S/C15H24FN3S/c1-12(2)10-19-15(17-3)18-8-9-20-11-13-6-4-5-7-14(13)16/h4-7,12H,8-11H2,1-3H3,(H2,17,18,19). The first kappa shape index (κ1) is 16.8. The molecule has 0 aliphatic rings. The number of nitrogens with one attached hydrogen (secondary N) is 2. The summed E-state index contributed by atoms with van der Waals surface area (Å²) in [6, 6.07) is 6.93. The highest BCUT2D eigenvalue weighted by Crippen LogP contribution is 2.14. The molecule has 0 fully saturated rings. The number of hydrogen-bond acceptors (Lipinski definition) is 2. The van der Waals surface area contributed by atoms with Crippen molar-refractivity contribution in [1.82, 2.24) is 10.6 Å². The van der Waals surface area contributed by atoms with Crippen LogP contribution in [0.2, 0.25) is 0 Å². The SMILES string of the molecule is CN=C(NCCSCc1ccccc1F)NCC(C)C. The van der Waals surface area contributed by atoms with Gasteiger partial charge in [0.1, 0.15) is 5.82 Å². The molecule has 0 heterocycles. The summed E-state index contributed by atoms with van der Waals surface area (Å²) in [7, 11) is 1.77. The maximum atomic E-state index is 13.4. The summed E-state index contributed by atoms with van der Waals surface area (Å²) in [5, 5.41) is 6.51. The molecule has 0 aliphatic carbocycles. The Bertz CT molecular complexity index is 421. The molecule has 0 amide bonds. The highest BCUT2D eigenvalue weighted by molar-refractivity contribution is 7.98. The van der Waals surface area contributed by atoms with Crippen LogP contribution in [0, 0.1) is 11.7 Å². The summed E-state index contributed by atoms with van der Waals surface area (Å²) >= 11 is 1.71. The van der Waals surface area contributed by atoms with Gasteiger partial charge >= 0.3 is 0 Å². The van der Waals surface area contributed by atoms with Gasteiger partial charge in [0.15, 0.2) is 5.96 Å². The van der Waals surface area contributed by atoms with Gasteiger partial charge in [-0.25, -0.2) is 4.39 Å². The fourth-order valence-corrected chi connectivity index (χ4v) is 2.41. The molecule has 0 unspecified atom stereocenters. The number of benzene rings is 1. The molecule has 2 N–H and O–H groups in total. The molecule has 5 heteroatoms. The van der Waals surface area contributed by atoms with E-state index in [1.807, 2.05) is 12.1 Å². The van der Waals surface area contributed by atoms with Crippen molar-refractivity contribution in [3.8, 4) is 0 Å². The molecule has 0 atom stereocenters. The first-order chi connectivity index (χ1) is 9.63. The third-order valence-electron chi connectivity index (χ3n) is 2.66. The van der Waals surface area contributed by atoms with Crippen LogP contribution in [0.1, 0.15) is 19.4 Å². The number of guanidine groups is 1. The van der Waals surface area contributed by atoms with Crippen LogP contribution in [0.25, 0.3) is 0 Å². The minimum atomic E-state index is -0.123. The number of nitrogens with zero attached hydrogens (tertiary/aromatic N) is 1. The molecule has 1 aromatic rings. The zero-order valence-electron chi connectivity index (χ0n) is 12.4. The van der Waals surface area contributed by atoms with Crippen molar-refractivity contribution in [2.75, 3.05) is 25.9 Å². The third-order valence-corrected chi connectivity index (χ3v) is 3.66. The van der Waals surface area contributed by atoms with Crippen molar-refractivity contribution in [3.05, 3.63) is 35.6 Å². The van der Waals surface area contributed by atoms with Crippen LogP contribution in [-0.4, -0.2) is 31.8 Å². The molecule has 0 aliphatic heterocycles. The molecule has 0 saturated carbocycles. The topological polar surface area (TPSA) is 36.4 Å². The molecule has 0 bridgehead atoms. The normalized spacial score (nSPS) is 11.8. The number of hydrogen-bond donors (Lipinski definition) is 2. The summed E-state index contributed by atoms with van der Waals surface area (Å²) in [5.41, 5.74) is 0.764. The molecule has 3 nitrogen and oxygen atoms in total. The lowest BCUT2D eigenvalue weighted by atomic mass is 10.2. The summed E-state index contributed by atoms with van der Waals surface area (Å²) in [5.74, 6) is 2.90. The molecule has 0 saturated heterocycles. The first-order valence-electron chi connectivity index (χ1n) is 6.89. The lowest BCUT2D eigenvalue weighted by molar-refractivity contribution is 0.616. The maximum Gasteiger partial charge on any atom is 0.191 e. The van der Waals surface area contributed by atoms with Crippen LogP contribution in [-0.2, 0) is 5.75 Å². The second-order valence-corrected chi connectivity index (χ2v) is 6.02. The average molecular weight is 297 g/mol. The van der Waals surface area contributed by atoms with Gasteiger partial charge in [-0.3, -0.25) is 4.99 Å². The van der Waals surface area contributed by atoms with E-state index in [9.17, 15) is 4.39 Å². The first-order valence-corrected chi connectivity index (χ1v) is 8.04. The molecule has 0 radical (unpaired) electrons. The number of aliphatic imine (C=N–C) groups is 1. The summed E-state index contributed by atoms with van der Waals surface area (Å²) < 4.78 is 13.4. The van der Waals surface area contributed by atoms with Crippen LogP contribution in [0.5, 0.6) is 0 Å². The lowest BCUT2D eigenvalue weighted by Gasteiger charge is -2.13. The van der Waals surface area contributed by atoms with Crippen molar-refractivity contribution < 1.29 is 4.39 Å². The highest BCUT2D eigenvalue weighted by Gasteiger charge is 2.01. The van der Waals surface area contributed by atoms with Gasteiger partial charge in [0, 0.05) is 31.6 Å². The van der Waals surface area contributed by atoms with Gasteiger partial charge in [-0.15, -0.1) is 0 Å². The van der Waals surface area contributed by atoms with Crippen LogP contribution in [0.4, 0.5) is 4.39 Å². The number of halogens is 1. The van der Waals surface area contributed by atoms with E-state index < -0.39 is 0 Å². The Morgan fingerprint density at radius 1 is 1.30 bits per heavy atom. The van der Waals surface area contributed by atoms with Crippen LogP contribution < -0.4 is 10.6 Å². The quantitative estimate of drug-likeness (QED) is 0.461. The van der Waals surface area contributed by atoms with Gasteiger partial charge in [0.25, 0.3) is 0 Å². The molecule has 1 rings (SSSR count). The molecule has 0 aromatic heterocycles. The van der Waals surface area contributed by atoms with Crippen LogP contribution >= 0.6 is 11.8 Å². The fraction of sp³-hybridized carbons (Fsp3) is 0.533. The van der Waals surface area contributed by atoms with Gasteiger partial charge in [-0.1, -0.05) is 32.0 Å². The Hall–Kier alpha value is -1.23. The van der Waals surface area contributed by atoms with E-state index in [2.05, 4.69) is 29.5 Å². The van der Waals surface area contributed by atoms with E-state index in [0.29, 0.717) is 11.7 Å². The molecule has 0 spiro atoms. The molecule has 20 heavy (non-hydrogen) atoms. The van der Waals surface area contributed by atoms with Crippen LogP contribution in [0.3, 0.4) is 0 Å². The van der Waals surface area contributed by atoms with Crippen molar-refractivity contribution in [1.29, 1.82) is 0 Å². The van der Waals surface area contributed by atoms with Gasteiger partial charge in [-0.05, 0) is 17.5 Å². The predicted molar refractivity (Wildman–Crippen MR) is 86.8 cm³/mol. The number of thioether (sulfide) groups is 1. The Balaban J connectivity index is 2.17. The fourth-order valence-electron chi connectivity index (χ4n) is 1.56. The van der Waals surface area contributed by atoms with E-state index in [-0.39, 0.29) is 5.82 Å². The minimum Gasteiger partial charge on any atom is -0.356 e. The predicted octanol–water partition coefficient (Wildman–Crippen LogP) is 2.88. The van der Waals surface area contributed by atoms with E-state index in [0.717, 1.165) is 30.4 Å². The summed E-state index contributed by atoms with van der Waals surface area (Å²) in [6.45, 7) is 6.04. The smallest absolute Gasteiger partial charge is 0.191 e. The van der Waals surface area contributed by atoms with Crippen molar-refractivity contribution >= 4 is 17.7 Å².